The summed E-state index contributed by atoms with van der Waals surface area (Å²) in [6.07, 6.45) is 1.74. The Balaban J connectivity index is 2.27. The minimum atomic E-state index is 0.363. The Morgan fingerprint density at radius 1 is 1.27 bits per heavy atom. The number of carbonyl (C=O) groups is 1. The normalized spacial score (nSPS) is 16.9. The summed E-state index contributed by atoms with van der Waals surface area (Å²) in [5.74, 6) is 0.363. The van der Waals surface area contributed by atoms with Crippen molar-refractivity contribution in [3.05, 3.63) is 29.3 Å². The van der Waals surface area contributed by atoms with Gasteiger partial charge in [0.1, 0.15) is 0 Å². The van der Waals surface area contributed by atoms with Gasteiger partial charge in [-0.1, -0.05) is 12.1 Å². The fourth-order valence-corrected chi connectivity index (χ4v) is 2.10. The number of Topliss-reactive ketones (excluding diaryl/α,β-unsaturated/α-hetero) is 1. The van der Waals surface area contributed by atoms with Gasteiger partial charge in [0.15, 0.2) is 5.78 Å². The number of hydrogen-bond acceptors (Lipinski definition) is 2. The van der Waals surface area contributed by atoms with Gasteiger partial charge in [-0.3, -0.25) is 4.79 Å². The van der Waals surface area contributed by atoms with Gasteiger partial charge < -0.3 is 4.90 Å². The van der Waals surface area contributed by atoms with Crippen molar-refractivity contribution in [2.75, 3.05) is 18.0 Å². The van der Waals surface area contributed by atoms with Crippen molar-refractivity contribution in [1.82, 2.24) is 0 Å². The molecule has 1 saturated heterocycles. The van der Waals surface area contributed by atoms with Crippen LogP contribution in [0.1, 0.15) is 24.0 Å². The molecule has 0 amide bonds. The number of hydrogen-bond donors (Lipinski definition) is 0. The molecule has 1 heterocycles. The van der Waals surface area contributed by atoms with Crippen molar-refractivity contribution in [2.24, 2.45) is 0 Å². The quantitative estimate of drug-likeness (QED) is 0.699. The zero-order valence-electron chi connectivity index (χ0n) is 9.42. The highest BCUT2D eigenvalue weighted by molar-refractivity contribution is 5.85. The second-order valence-electron chi connectivity index (χ2n) is 4.35. The lowest BCUT2D eigenvalue weighted by Crippen LogP contribution is -2.35. The largest absolute Gasteiger partial charge is 0.364 e. The van der Waals surface area contributed by atoms with Gasteiger partial charge in [-0.25, -0.2) is 0 Å². The second kappa shape index (κ2) is 4.05. The first-order valence-corrected chi connectivity index (χ1v) is 5.51. The highest BCUT2D eigenvalue weighted by Gasteiger charge is 2.18. The third kappa shape index (κ3) is 2.20. The Labute approximate surface area is 90.9 Å². The maximum atomic E-state index is 11.4. The van der Waals surface area contributed by atoms with Gasteiger partial charge in [0.2, 0.25) is 0 Å². The van der Waals surface area contributed by atoms with Crippen molar-refractivity contribution in [1.29, 1.82) is 0 Å². The van der Waals surface area contributed by atoms with Gasteiger partial charge in [0, 0.05) is 18.7 Å². The van der Waals surface area contributed by atoms with Crippen LogP contribution in [-0.2, 0) is 4.79 Å². The van der Waals surface area contributed by atoms with Crippen molar-refractivity contribution in [3.8, 4) is 0 Å². The van der Waals surface area contributed by atoms with Gasteiger partial charge >= 0.3 is 0 Å². The van der Waals surface area contributed by atoms with E-state index in [0.717, 1.165) is 19.4 Å². The average Bonchev–Trinajstić information content (AvgIpc) is 2.22. The van der Waals surface area contributed by atoms with E-state index in [9.17, 15) is 4.79 Å². The molecule has 0 aromatic heterocycles. The van der Waals surface area contributed by atoms with E-state index in [1.807, 2.05) is 0 Å². The number of anilines is 1. The molecule has 1 aliphatic heterocycles. The molecule has 15 heavy (non-hydrogen) atoms. The summed E-state index contributed by atoms with van der Waals surface area (Å²) in [6.45, 7) is 5.79. The predicted molar refractivity (Wildman–Crippen MR) is 62.4 cm³/mol. The third-order valence-corrected chi connectivity index (χ3v) is 2.96. The van der Waals surface area contributed by atoms with Crippen molar-refractivity contribution < 1.29 is 4.79 Å². The monoisotopic (exact) mass is 203 g/mol. The van der Waals surface area contributed by atoms with Crippen LogP contribution in [0.15, 0.2) is 18.2 Å². The molecule has 1 aromatic rings. The lowest BCUT2D eigenvalue weighted by Gasteiger charge is -2.29. The van der Waals surface area contributed by atoms with Crippen LogP contribution in [0.2, 0.25) is 0 Å². The summed E-state index contributed by atoms with van der Waals surface area (Å²) in [6, 6.07) is 6.42. The van der Waals surface area contributed by atoms with E-state index < -0.39 is 0 Å². The Morgan fingerprint density at radius 2 is 2.07 bits per heavy atom. The first-order chi connectivity index (χ1) is 7.16. The smallest absolute Gasteiger partial charge is 0.152 e. The number of nitrogens with zero attached hydrogens (tertiary/aromatic N) is 1. The van der Waals surface area contributed by atoms with E-state index in [0.29, 0.717) is 12.3 Å². The molecule has 1 aliphatic rings. The third-order valence-electron chi connectivity index (χ3n) is 2.96. The van der Waals surface area contributed by atoms with Gasteiger partial charge in [-0.05, 0) is 37.5 Å². The lowest BCUT2D eigenvalue weighted by atomic mass is 10.1. The Morgan fingerprint density at radius 3 is 2.80 bits per heavy atom. The van der Waals surface area contributed by atoms with Crippen LogP contribution < -0.4 is 4.90 Å². The number of ketones is 1. The summed E-state index contributed by atoms with van der Waals surface area (Å²) in [5, 5.41) is 0. The molecule has 0 bridgehead atoms. The van der Waals surface area contributed by atoms with E-state index >= 15 is 0 Å². The van der Waals surface area contributed by atoms with E-state index in [1.165, 1.54) is 16.8 Å². The SMILES string of the molecule is Cc1ccc(C)c(N2CCCC(=O)C2)c1. The van der Waals surface area contributed by atoms with Gasteiger partial charge in [0.25, 0.3) is 0 Å². The minimum absolute atomic E-state index is 0.363. The van der Waals surface area contributed by atoms with Crippen LogP contribution in [0.5, 0.6) is 0 Å². The fourth-order valence-electron chi connectivity index (χ4n) is 2.10. The molecule has 80 valence electrons. The highest BCUT2D eigenvalue weighted by atomic mass is 16.1. The molecule has 0 atom stereocenters. The Kier molecular flexibility index (Phi) is 2.76. The molecule has 2 heteroatoms. The van der Waals surface area contributed by atoms with Crippen LogP contribution in [0.25, 0.3) is 0 Å². The van der Waals surface area contributed by atoms with Crippen LogP contribution in [0.3, 0.4) is 0 Å². The Hall–Kier alpha value is -1.31. The van der Waals surface area contributed by atoms with Crippen LogP contribution in [-0.4, -0.2) is 18.9 Å². The molecule has 0 aliphatic carbocycles. The molecule has 1 fully saturated rings. The minimum Gasteiger partial charge on any atom is -0.364 e. The topological polar surface area (TPSA) is 20.3 Å². The van der Waals surface area contributed by atoms with E-state index in [-0.39, 0.29) is 0 Å². The van der Waals surface area contributed by atoms with Crippen molar-refractivity contribution in [2.45, 2.75) is 26.7 Å². The summed E-state index contributed by atoms with van der Waals surface area (Å²) in [4.78, 5) is 13.6. The summed E-state index contributed by atoms with van der Waals surface area (Å²) < 4.78 is 0. The van der Waals surface area contributed by atoms with E-state index in [2.05, 4.69) is 36.9 Å². The van der Waals surface area contributed by atoms with Crippen LogP contribution >= 0.6 is 0 Å². The van der Waals surface area contributed by atoms with E-state index in [1.54, 1.807) is 0 Å². The van der Waals surface area contributed by atoms with Crippen LogP contribution in [0.4, 0.5) is 5.69 Å². The predicted octanol–water partition coefficient (Wildman–Crippen LogP) is 2.47. The molecule has 0 spiro atoms. The molecule has 0 N–H and O–H groups in total. The molecule has 0 unspecified atom stereocenters. The maximum absolute atomic E-state index is 11.4. The first-order valence-electron chi connectivity index (χ1n) is 5.51. The molecule has 2 rings (SSSR count). The number of benzene rings is 1. The molecular weight excluding hydrogens is 186 g/mol. The second-order valence-corrected chi connectivity index (χ2v) is 4.35. The fraction of sp³-hybridized carbons (Fsp3) is 0.462. The number of rotatable bonds is 1. The number of piperidine rings is 1. The highest BCUT2D eigenvalue weighted by Crippen LogP contribution is 2.23. The zero-order chi connectivity index (χ0) is 10.8. The van der Waals surface area contributed by atoms with Crippen LogP contribution in [0, 0.1) is 13.8 Å². The molecule has 0 saturated carbocycles. The molecular formula is C13H17NO. The molecule has 0 radical (unpaired) electrons. The molecule has 2 nitrogen and oxygen atoms in total. The maximum Gasteiger partial charge on any atom is 0.152 e. The zero-order valence-corrected chi connectivity index (χ0v) is 9.42. The van der Waals surface area contributed by atoms with Crippen molar-refractivity contribution in [3.63, 3.8) is 0 Å². The summed E-state index contributed by atoms with van der Waals surface area (Å²) in [5.41, 5.74) is 3.74. The van der Waals surface area contributed by atoms with E-state index in [4.69, 9.17) is 0 Å². The van der Waals surface area contributed by atoms with Gasteiger partial charge in [-0.2, -0.15) is 0 Å². The first kappa shape index (κ1) is 10.2. The Bertz CT molecular complexity index is 384. The van der Waals surface area contributed by atoms with Crippen molar-refractivity contribution >= 4 is 11.5 Å². The van der Waals surface area contributed by atoms with Gasteiger partial charge in [-0.15, -0.1) is 0 Å². The summed E-state index contributed by atoms with van der Waals surface area (Å²) in [7, 11) is 0. The average molecular weight is 203 g/mol. The summed E-state index contributed by atoms with van der Waals surface area (Å²) >= 11 is 0. The lowest BCUT2D eigenvalue weighted by molar-refractivity contribution is -0.118. The number of carbonyl (C=O) groups excluding carboxylic acids is 1. The standard InChI is InChI=1S/C13H17NO/c1-10-5-6-11(2)13(8-10)14-7-3-4-12(15)9-14/h5-6,8H,3-4,7,9H2,1-2H3. The number of aryl methyl sites for hydroxylation is 2. The van der Waals surface area contributed by atoms with Gasteiger partial charge in [0.05, 0.1) is 6.54 Å². The molecule has 1 aromatic carbocycles.